The highest BCUT2D eigenvalue weighted by molar-refractivity contribution is 7.99. The summed E-state index contributed by atoms with van der Waals surface area (Å²) in [4.78, 5) is 0. The van der Waals surface area contributed by atoms with Crippen molar-refractivity contribution in [3.63, 3.8) is 0 Å². The van der Waals surface area contributed by atoms with E-state index in [9.17, 15) is 0 Å². The minimum atomic E-state index is -0.403. The van der Waals surface area contributed by atoms with E-state index in [1.165, 1.54) is 82.9 Å². The summed E-state index contributed by atoms with van der Waals surface area (Å²) in [6.45, 7) is 31.5. The number of nitrogens with two attached hydrogens (primary N) is 6. The average molecular weight is 787 g/mol. The van der Waals surface area contributed by atoms with Gasteiger partial charge in [-0.3, -0.25) is 0 Å². The number of hydrogen-bond acceptors (Lipinski definition) is 15. The monoisotopic (exact) mass is 787 g/mol. The van der Waals surface area contributed by atoms with Crippen LogP contribution in [-0.4, -0.2) is 149 Å². The van der Waals surface area contributed by atoms with Crippen LogP contribution in [0.1, 0.15) is 87.5 Å². The topological polar surface area (TPSA) is 274 Å². The SMILES string of the molecule is C#CCN.C1CCNC1.C1CCNCC1.C1COCCN1.C1CSCCN1.C=CCN.CC.CC(C)(C)N.CC(C)(N)CO.CC(O)CN.NCCO. The molecule has 0 radical (unpaired) electrons. The second-order valence-corrected chi connectivity index (χ2v) is 14.3. The van der Waals surface area contributed by atoms with Crippen LogP contribution < -0.4 is 55.7 Å². The molecular formula is C38H94N10O4S. The molecule has 19 N–H and O–H groups in total. The Morgan fingerprint density at radius 1 is 0.774 bits per heavy atom. The van der Waals surface area contributed by atoms with Crippen LogP contribution in [0.25, 0.3) is 0 Å². The van der Waals surface area contributed by atoms with E-state index >= 15 is 0 Å². The number of hydrogen-bond donors (Lipinski definition) is 13. The quantitative estimate of drug-likeness (QED) is 0.137. The van der Waals surface area contributed by atoms with Crippen LogP contribution >= 0.6 is 11.8 Å². The summed E-state index contributed by atoms with van der Waals surface area (Å²) in [5, 5.41) is 37.2. The van der Waals surface area contributed by atoms with Gasteiger partial charge in [-0.1, -0.05) is 32.3 Å². The van der Waals surface area contributed by atoms with Crippen LogP contribution in [0.4, 0.5) is 0 Å². The van der Waals surface area contributed by atoms with Crippen LogP contribution in [0.2, 0.25) is 0 Å². The zero-order valence-electron chi connectivity index (χ0n) is 35.8. The zero-order valence-corrected chi connectivity index (χ0v) is 36.6. The van der Waals surface area contributed by atoms with Gasteiger partial charge in [0, 0.05) is 68.4 Å². The average Bonchev–Trinajstić information content (AvgIpc) is 3.79. The van der Waals surface area contributed by atoms with Crippen LogP contribution in [0, 0.1) is 12.3 Å². The van der Waals surface area contributed by atoms with E-state index in [2.05, 4.69) is 40.2 Å². The number of aliphatic hydroxyl groups excluding tert-OH is 3. The molecule has 4 aliphatic heterocycles. The van der Waals surface area contributed by atoms with Gasteiger partial charge in [0.2, 0.25) is 0 Å². The zero-order chi connectivity index (χ0) is 42.5. The molecule has 4 rings (SSSR count). The van der Waals surface area contributed by atoms with Gasteiger partial charge in [0.05, 0.1) is 39.1 Å². The Hall–Kier alpha value is -0.910. The third kappa shape index (κ3) is 136. The van der Waals surface area contributed by atoms with Crippen molar-refractivity contribution in [2.75, 3.05) is 116 Å². The first-order valence-electron chi connectivity index (χ1n) is 19.4. The molecular weight excluding hydrogens is 693 g/mol. The Balaban J connectivity index is -0.0000000886. The van der Waals surface area contributed by atoms with Crippen molar-refractivity contribution < 1.29 is 20.1 Å². The summed E-state index contributed by atoms with van der Waals surface area (Å²) in [6.07, 6.45) is 13.0. The third-order valence-electron chi connectivity index (χ3n) is 5.02. The molecule has 0 amide bonds. The first-order valence-corrected chi connectivity index (χ1v) is 20.5. The maximum atomic E-state index is 8.28. The number of nitrogens with one attached hydrogen (secondary N) is 4. The van der Waals surface area contributed by atoms with Gasteiger partial charge in [0.25, 0.3) is 0 Å². The molecule has 0 saturated carbocycles. The van der Waals surface area contributed by atoms with Crippen molar-refractivity contribution in [1.82, 2.24) is 21.3 Å². The van der Waals surface area contributed by atoms with Gasteiger partial charge in [-0.2, -0.15) is 11.8 Å². The van der Waals surface area contributed by atoms with Gasteiger partial charge in [0.1, 0.15) is 0 Å². The number of rotatable bonds is 4. The van der Waals surface area contributed by atoms with E-state index in [0.717, 1.165) is 26.3 Å². The maximum absolute atomic E-state index is 8.28. The van der Waals surface area contributed by atoms with Gasteiger partial charge >= 0.3 is 0 Å². The molecule has 4 fully saturated rings. The Bertz CT molecular complexity index is 543. The van der Waals surface area contributed by atoms with Crippen LogP contribution in [0.3, 0.4) is 0 Å². The molecule has 1 unspecified atom stereocenters. The molecule has 326 valence electrons. The number of thioether (sulfide) groups is 1. The molecule has 4 aliphatic rings. The molecule has 4 saturated heterocycles. The second-order valence-electron chi connectivity index (χ2n) is 13.0. The van der Waals surface area contributed by atoms with Crippen LogP contribution in [-0.2, 0) is 4.74 Å². The number of aliphatic hydroxyl groups is 3. The number of ether oxygens (including phenoxy) is 1. The summed E-state index contributed by atoms with van der Waals surface area (Å²) < 4.78 is 5.01. The molecule has 1 atom stereocenters. The largest absolute Gasteiger partial charge is 0.395 e. The van der Waals surface area contributed by atoms with E-state index in [-0.39, 0.29) is 24.9 Å². The smallest absolute Gasteiger partial charge is 0.0634 e. The summed E-state index contributed by atoms with van der Waals surface area (Å²) >= 11 is 2.03. The standard InChI is InChI=1S/C5H11N.C4H9NO.C4H11NO.C4H9NS.C4H9N.C4H11N.C3H9NO.C3H7N.C3H5N.C2H7NO.C2H6/c1-2-4-6-5-3-1;1-3-6-4-2-5-1;1-4(2,5)3-6;1-3-6-4-2-5-1;1-2-4-5-3-1;1-4(2,3)5;1-3(5)2-4;2*1-2-3-4;3-1-2-4;1-2/h6H,1-5H2;5H,1-4H2;6H,3,5H2,1-2H3;5H,1-4H2;5H,1-4H2;5H2,1-3H3;3,5H,2,4H2,1H3;2H,1,3-4H2;1H,3-4H2;4H,1-3H2;1-2H3. The molecule has 0 aromatic heterocycles. The lowest BCUT2D eigenvalue weighted by atomic mass is 10.1. The van der Waals surface area contributed by atoms with Crippen molar-refractivity contribution in [1.29, 1.82) is 0 Å². The fraction of sp³-hybridized carbons (Fsp3) is 0.895. The second kappa shape index (κ2) is 63.0. The van der Waals surface area contributed by atoms with Gasteiger partial charge in [-0.15, -0.1) is 13.0 Å². The number of morpholine rings is 1. The molecule has 4 heterocycles. The lowest BCUT2D eigenvalue weighted by Gasteiger charge is -2.12. The molecule has 0 aromatic rings. The lowest BCUT2D eigenvalue weighted by molar-refractivity contribution is 0.109. The Morgan fingerprint density at radius 2 is 1.06 bits per heavy atom. The lowest BCUT2D eigenvalue weighted by Crippen LogP contribution is -2.35. The highest BCUT2D eigenvalue weighted by atomic mass is 32.2. The minimum Gasteiger partial charge on any atom is -0.395 e. The fourth-order valence-corrected chi connectivity index (χ4v) is 3.24. The highest BCUT2D eigenvalue weighted by Gasteiger charge is 2.05. The molecule has 14 nitrogen and oxygen atoms in total. The van der Waals surface area contributed by atoms with Crippen molar-refractivity contribution in [3.05, 3.63) is 12.7 Å². The van der Waals surface area contributed by atoms with E-state index in [1.54, 1.807) is 26.8 Å². The molecule has 15 heteroatoms. The van der Waals surface area contributed by atoms with Crippen LogP contribution in [0.15, 0.2) is 12.7 Å². The fourth-order valence-electron chi connectivity index (χ4n) is 2.46. The van der Waals surface area contributed by atoms with Gasteiger partial charge in [0.15, 0.2) is 0 Å². The number of piperidine rings is 1. The molecule has 53 heavy (non-hydrogen) atoms. The summed E-state index contributed by atoms with van der Waals surface area (Å²) in [7, 11) is 0. The van der Waals surface area contributed by atoms with Gasteiger partial charge in [-0.25, -0.2) is 0 Å². The Kier molecular flexibility index (Phi) is 79.6. The predicted octanol–water partition coefficient (Wildman–Crippen LogP) is 0.517. The van der Waals surface area contributed by atoms with Crippen molar-refractivity contribution >= 4 is 11.8 Å². The normalized spacial score (nSPS) is 15.8. The van der Waals surface area contributed by atoms with E-state index in [0.29, 0.717) is 26.2 Å². The Labute approximate surface area is 332 Å². The molecule has 0 bridgehead atoms. The number of terminal acetylenes is 1. The van der Waals surface area contributed by atoms with Crippen molar-refractivity contribution in [2.24, 2.45) is 34.4 Å². The van der Waals surface area contributed by atoms with Crippen LogP contribution in [0.5, 0.6) is 0 Å². The summed E-state index contributed by atoms with van der Waals surface area (Å²) in [6, 6.07) is 0. The first kappa shape index (κ1) is 66.9. The summed E-state index contributed by atoms with van der Waals surface area (Å²) in [5.74, 6) is 4.82. The maximum Gasteiger partial charge on any atom is 0.0634 e. The van der Waals surface area contributed by atoms with E-state index in [4.69, 9.17) is 54.5 Å². The van der Waals surface area contributed by atoms with Crippen molar-refractivity contribution in [2.45, 2.75) is 105 Å². The van der Waals surface area contributed by atoms with E-state index in [1.807, 2.05) is 46.4 Å². The summed E-state index contributed by atoms with van der Waals surface area (Å²) in [5.41, 5.74) is 29.6. The van der Waals surface area contributed by atoms with E-state index < -0.39 is 5.54 Å². The van der Waals surface area contributed by atoms with Gasteiger partial charge in [-0.05, 0) is 93.4 Å². The first-order chi connectivity index (χ1) is 25.1. The molecule has 0 aromatic carbocycles. The highest BCUT2D eigenvalue weighted by Crippen LogP contribution is 1.99. The molecule has 0 aliphatic carbocycles. The van der Waals surface area contributed by atoms with Crippen molar-refractivity contribution in [3.8, 4) is 12.3 Å². The van der Waals surface area contributed by atoms with Gasteiger partial charge < -0.3 is 75.7 Å². The minimum absolute atomic E-state index is 0. The molecule has 0 spiro atoms. The predicted molar refractivity (Wildman–Crippen MR) is 237 cm³/mol. The third-order valence-corrected chi connectivity index (χ3v) is 6.00. The Morgan fingerprint density at radius 3 is 1.13 bits per heavy atom.